The Kier molecular flexibility index (Phi) is 5.60. The molecule has 2 unspecified atom stereocenters. The van der Waals surface area contributed by atoms with Gasteiger partial charge in [-0.15, -0.1) is 0 Å². The van der Waals surface area contributed by atoms with Crippen LogP contribution in [0.3, 0.4) is 0 Å². The van der Waals surface area contributed by atoms with E-state index in [1.165, 1.54) is 6.07 Å². The van der Waals surface area contributed by atoms with Crippen LogP contribution in [0.15, 0.2) is 48.5 Å². The summed E-state index contributed by atoms with van der Waals surface area (Å²) in [5.74, 6) is -1.89. The highest BCUT2D eigenvalue weighted by atomic mass is 19.2. The summed E-state index contributed by atoms with van der Waals surface area (Å²) in [5, 5.41) is 9.29. The molecule has 132 valence electrons. The number of benzene rings is 2. The second kappa shape index (κ2) is 8.07. The maximum atomic E-state index is 13.5. The van der Waals surface area contributed by atoms with Crippen molar-refractivity contribution in [2.75, 3.05) is 25.0 Å². The Morgan fingerprint density at radius 2 is 1.92 bits per heavy atom. The van der Waals surface area contributed by atoms with Crippen molar-refractivity contribution in [3.05, 3.63) is 65.7 Å². The van der Waals surface area contributed by atoms with Gasteiger partial charge in [0.05, 0.1) is 6.54 Å². The van der Waals surface area contributed by atoms with Crippen molar-refractivity contribution in [1.29, 1.82) is 0 Å². The Morgan fingerprint density at radius 3 is 2.68 bits per heavy atom. The molecule has 2 atom stereocenters. The summed E-state index contributed by atoms with van der Waals surface area (Å²) in [6.07, 6.45) is 0.752. The van der Waals surface area contributed by atoms with Crippen LogP contribution in [0.1, 0.15) is 17.9 Å². The van der Waals surface area contributed by atoms with E-state index in [4.69, 9.17) is 0 Å². The molecule has 3 N–H and O–H groups in total. The van der Waals surface area contributed by atoms with E-state index in [1.54, 1.807) is 6.07 Å². The van der Waals surface area contributed by atoms with Crippen LogP contribution in [0, 0.1) is 11.6 Å². The first kappa shape index (κ1) is 17.4. The van der Waals surface area contributed by atoms with E-state index in [0.29, 0.717) is 12.1 Å². The number of rotatable bonds is 5. The number of amides is 1. The van der Waals surface area contributed by atoms with Gasteiger partial charge in [-0.05, 0) is 42.8 Å². The summed E-state index contributed by atoms with van der Waals surface area (Å²) in [6, 6.07) is 13.3. The molecule has 0 aliphatic carbocycles. The van der Waals surface area contributed by atoms with Gasteiger partial charge in [0, 0.05) is 24.2 Å². The predicted molar refractivity (Wildman–Crippen MR) is 93.4 cm³/mol. The number of para-hydroxylation sites is 1. The van der Waals surface area contributed by atoms with Crippen molar-refractivity contribution in [3.63, 3.8) is 0 Å². The highest BCUT2D eigenvalue weighted by Gasteiger charge is 2.28. The number of anilines is 1. The second-order valence-electron chi connectivity index (χ2n) is 6.17. The molecule has 1 saturated heterocycles. The van der Waals surface area contributed by atoms with Crippen molar-refractivity contribution >= 4 is 11.6 Å². The Balaban J connectivity index is 1.62. The van der Waals surface area contributed by atoms with E-state index >= 15 is 0 Å². The van der Waals surface area contributed by atoms with Crippen molar-refractivity contribution < 1.29 is 13.6 Å². The minimum absolute atomic E-state index is 0.0444. The Labute approximate surface area is 145 Å². The summed E-state index contributed by atoms with van der Waals surface area (Å²) < 4.78 is 26.7. The molecule has 25 heavy (non-hydrogen) atoms. The molecule has 0 saturated carbocycles. The van der Waals surface area contributed by atoms with E-state index in [0.717, 1.165) is 24.7 Å². The summed E-state index contributed by atoms with van der Waals surface area (Å²) in [5.41, 5.74) is 1.58. The highest BCUT2D eigenvalue weighted by molar-refractivity contribution is 5.81. The zero-order chi connectivity index (χ0) is 17.6. The lowest BCUT2D eigenvalue weighted by Crippen LogP contribution is -2.51. The van der Waals surface area contributed by atoms with Crippen LogP contribution in [0.25, 0.3) is 0 Å². The van der Waals surface area contributed by atoms with Crippen LogP contribution in [-0.4, -0.2) is 31.6 Å². The molecule has 3 rings (SSSR count). The standard InChI is InChI=1S/C19H21F2N3O/c20-16-7-6-13(10-17(16)21)15-8-9-22-11-18(15)24-19(25)12-23-14-4-2-1-3-5-14/h1-7,10,15,18,22-23H,8-9,11-12H2,(H,24,25). The molecule has 1 heterocycles. The van der Waals surface area contributed by atoms with Crippen molar-refractivity contribution in [3.8, 4) is 0 Å². The lowest BCUT2D eigenvalue weighted by molar-refractivity contribution is -0.120. The Hall–Kier alpha value is -2.47. The molecular formula is C19H21F2N3O. The minimum Gasteiger partial charge on any atom is -0.376 e. The topological polar surface area (TPSA) is 53.2 Å². The molecule has 0 radical (unpaired) electrons. The monoisotopic (exact) mass is 345 g/mol. The fraction of sp³-hybridized carbons (Fsp3) is 0.316. The molecule has 1 fully saturated rings. The number of halogens is 2. The quantitative estimate of drug-likeness (QED) is 0.781. The maximum Gasteiger partial charge on any atom is 0.239 e. The van der Waals surface area contributed by atoms with Gasteiger partial charge in [0.2, 0.25) is 5.91 Å². The van der Waals surface area contributed by atoms with E-state index in [9.17, 15) is 13.6 Å². The van der Waals surface area contributed by atoms with E-state index in [1.807, 2.05) is 30.3 Å². The van der Waals surface area contributed by atoms with Gasteiger partial charge < -0.3 is 16.0 Å². The lowest BCUT2D eigenvalue weighted by atomic mass is 9.86. The normalized spacial score (nSPS) is 20.1. The van der Waals surface area contributed by atoms with Gasteiger partial charge in [0.25, 0.3) is 0 Å². The molecular weight excluding hydrogens is 324 g/mol. The van der Waals surface area contributed by atoms with Crippen molar-refractivity contribution in [1.82, 2.24) is 10.6 Å². The molecule has 0 spiro atoms. The van der Waals surface area contributed by atoms with Crippen LogP contribution >= 0.6 is 0 Å². The van der Waals surface area contributed by atoms with Crippen LogP contribution in [0.4, 0.5) is 14.5 Å². The van der Waals surface area contributed by atoms with Crippen LogP contribution in [0.2, 0.25) is 0 Å². The summed E-state index contributed by atoms with van der Waals surface area (Å²) in [7, 11) is 0. The van der Waals surface area contributed by atoms with Crippen LogP contribution in [0.5, 0.6) is 0 Å². The third kappa shape index (κ3) is 4.54. The fourth-order valence-electron chi connectivity index (χ4n) is 3.15. The number of hydrogen-bond donors (Lipinski definition) is 3. The van der Waals surface area contributed by atoms with Gasteiger partial charge in [-0.3, -0.25) is 4.79 Å². The lowest BCUT2D eigenvalue weighted by Gasteiger charge is -2.33. The molecule has 2 aromatic carbocycles. The molecule has 0 aromatic heterocycles. The first-order valence-corrected chi connectivity index (χ1v) is 8.37. The third-order valence-corrected chi connectivity index (χ3v) is 4.43. The summed E-state index contributed by atoms with van der Waals surface area (Å²) in [4.78, 5) is 12.2. The van der Waals surface area contributed by atoms with E-state index in [2.05, 4.69) is 16.0 Å². The van der Waals surface area contributed by atoms with Crippen molar-refractivity contribution in [2.24, 2.45) is 0 Å². The van der Waals surface area contributed by atoms with E-state index in [-0.39, 0.29) is 24.4 Å². The zero-order valence-electron chi connectivity index (χ0n) is 13.8. The van der Waals surface area contributed by atoms with Crippen LogP contribution < -0.4 is 16.0 Å². The molecule has 1 amide bonds. The predicted octanol–water partition coefficient (Wildman–Crippen LogP) is 2.64. The Bertz CT molecular complexity index is 724. The van der Waals surface area contributed by atoms with Crippen molar-refractivity contribution in [2.45, 2.75) is 18.4 Å². The van der Waals surface area contributed by atoms with E-state index < -0.39 is 11.6 Å². The molecule has 1 aliphatic rings. The molecule has 1 aliphatic heterocycles. The molecule has 2 aromatic rings. The molecule has 0 bridgehead atoms. The number of piperidine rings is 1. The van der Waals surface area contributed by atoms with Crippen LogP contribution in [-0.2, 0) is 4.79 Å². The molecule has 6 heteroatoms. The zero-order valence-corrected chi connectivity index (χ0v) is 13.8. The maximum absolute atomic E-state index is 13.5. The Morgan fingerprint density at radius 1 is 1.12 bits per heavy atom. The molecule has 4 nitrogen and oxygen atoms in total. The number of carbonyl (C=O) groups is 1. The summed E-state index contributed by atoms with van der Waals surface area (Å²) in [6.45, 7) is 1.53. The SMILES string of the molecule is O=C(CNc1ccccc1)NC1CNCCC1c1ccc(F)c(F)c1. The first-order chi connectivity index (χ1) is 12.1. The van der Waals surface area contributed by atoms with Gasteiger partial charge in [-0.25, -0.2) is 8.78 Å². The number of nitrogens with one attached hydrogen (secondary N) is 3. The second-order valence-corrected chi connectivity index (χ2v) is 6.17. The fourth-order valence-corrected chi connectivity index (χ4v) is 3.15. The number of carbonyl (C=O) groups excluding carboxylic acids is 1. The average Bonchev–Trinajstić information content (AvgIpc) is 2.64. The van der Waals surface area contributed by atoms with Gasteiger partial charge in [-0.1, -0.05) is 24.3 Å². The smallest absolute Gasteiger partial charge is 0.239 e. The van der Waals surface area contributed by atoms with Gasteiger partial charge in [0.15, 0.2) is 11.6 Å². The van der Waals surface area contributed by atoms with Gasteiger partial charge in [0.1, 0.15) is 0 Å². The largest absolute Gasteiger partial charge is 0.376 e. The average molecular weight is 345 g/mol. The highest BCUT2D eigenvalue weighted by Crippen LogP contribution is 2.27. The van der Waals surface area contributed by atoms with Gasteiger partial charge in [-0.2, -0.15) is 0 Å². The first-order valence-electron chi connectivity index (χ1n) is 8.37. The van der Waals surface area contributed by atoms with Gasteiger partial charge >= 0.3 is 0 Å². The minimum atomic E-state index is -0.856. The summed E-state index contributed by atoms with van der Waals surface area (Å²) >= 11 is 0. The third-order valence-electron chi connectivity index (χ3n) is 4.43. The number of hydrogen-bond acceptors (Lipinski definition) is 3.